The first-order valence-electron chi connectivity index (χ1n) is 8.14. The van der Waals surface area contributed by atoms with Crippen molar-refractivity contribution < 1.29 is 18.7 Å². The van der Waals surface area contributed by atoms with Gasteiger partial charge in [-0.3, -0.25) is 0 Å². The summed E-state index contributed by atoms with van der Waals surface area (Å²) in [6.45, 7) is 2.87. The fraction of sp³-hybridized carbons (Fsp3) is 0.222. The Morgan fingerprint density at radius 2 is 2.04 bits per heavy atom. The van der Waals surface area contributed by atoms with E-state index in [1.165, 1.54) is 17.0 Å². The highest BCUT2D eigenvalue weighted by Gasteiger charge is 2.21. The molecule has 8 nitrogen and oxygen atoms in total. The maximum Gasteiger partial charge on any atom is 0.357 e. The van der Waals surface area contributed by atoms with E-state index in [1.54, 1.807) is 12.1 Å². The van der Waals surface area contributed by atoms with Gasteiger partial charge in [0, 0.05) is 18.2 Å². The summed E-state index contributed by atoms with van der Waals surface area (Å²) in [7, 11) is 0. The molecule has 0 N–H and O–H groups in total. The second kappa shape index (κ2) is 8.72. The molecular formula is C18H18N4O4. The Morgan fingerprint density at radius 1 is 1.19 bits per heavy atom. The lowest BCUT2D eigenvalue weighted by molar-refractivity contribution is -0.138. The van der Waals surface area contributed by atoms with Crippen molar-refractivity contribution in [3.8, 4) is 11.4 Å². The molecule has 0 fully saturated rings. The molecule has 0 aliphatic carbocycles. The van der Waals surface area contributed by atoms with E-state index >= 15 is 0 Å². The van der Waals surface area contributed by atoms with Crippen LogP contribution < -0.4 is 0 Å². The molecule has 3 aromatic rings. The van der Waals surface area contributed by atoms with Gasteiger partial charge in [0.05, 0.1) is 12.9 Å². The number of nitrogens with zero attached hydrogens (tertiary/aromatic N) is 4. The highest BCUT2D eigenvalue weighted by atomic mass is 16.6. The lowest BCUT2D eigenvalue weighted by atomic mass is 10.2. The molecule has 0 spiro atoms. The molecule has 8 heteroatoms. The zero-order chi connectivity index (χ0) is 18.2. The van der Waals surface area contributed by atoms with Crippen molar-refractivity contribution in [2.45, 2.75) is 6.92 Å². The van der Waals surface area contributed by atoms with E-state index in [0.717, 1.165) is 5.56 Å². The van der Waals surface area contributed by atoms with E-state index in [-0.39, 0.29) is 12.3 Å². The third kappa shape index (κ3) is 4.22. The average molecular weight is 354 g/mol. The predicted octanol–water partition coefficient (Wildman–Crippen LogP) is 2.51. The van der Waals surface area contributed by atoms with Gasteiger partial charge in [-0.2, -0.15) is 4.68 Å². The fourth-order valence-electron chi connectivity index (χ4n) is 2.24. The van der Waals surface area contributed by atoms with E-state index in [2.05, 4.69) is 15.5 Å². The molecule has 0 saturated carbocycles. The van der Waals surface area contributed by atoms with Gasteiger partial charge in [-0.05, 0) is 29.5 Å². The van der Waals surface area contributed by atoms with Crippen LogP contribution in [0, 0.1) is 0 Å². The molecule has 2 aromatic heterocycles. The number of furan rings is 1. The maximum absolute atomic E-state index is 12.6. The average Bonchev–Trinajstić information content (AvgIpc) is 3.35. The first kappa shape index (κ1) is 17.6. The third-order valence-corrected chi connectivity index (χ3v) is 3.43. The van der Waals surface area contributed by atoms with E-state index in [9.17, 15) is 4.79 Å². The van der Waals surface area contributed by atoms with Gasteiger partial charge >= 0.3 is 5.97 Å². The number of benzene rings is 1. The van der Waals surface area contributed by atoms with Gasteiger partial charge in [0.25, 0.3) is 0 Å². The van der Waals surface area contributed by atoms with Crippen molar-refractivity contribution in [1.82, 2.24) is 20.2 Å². The number of tetrazole rings is 1. The number of hydrogen-bond acceptors (Lipinski definition) is 7. The summed E-state index contributed by atoms with van der Waals surface area (Å²) in [6, 6.07) is 12.8. The van der Waals surface area contributed by atoms with Crippen molar-refractivity contribution in [2.24, 2.45) is 0 Å². The molecule has 0 aliphatic heterocycles. The van der Waals surface area contributed by atoms with Gasteiger partial charge in [0.2, 0.25) is 0 Å². The zero-order valence-corrected chi connectivity index (χ0v) is 14.2. The van der Waals surface area contributed by atoms with Crippen LogP contribution in [0.1, 0.15) is 12.7 Å². The molecule has 0 bridgehead atoms. The van der Waals surface area contributed by atoms with Crippen LogP contribution in [0.4, 0.5) is 0 Å². The molecule has 0 aliphatic rings. The smallest absolute Gasteiger partial charge is 0.357 e. The number of hydrogen-bond donors (Lipinski definition) is 0. The second-order valence-corrected chi connectivity index (χ2v) is 5.16. The summed E-state index contributed by atoms with van der Waals surface area (Å²) >= 11 is 0. The van der Waals surface area contributed by atoms with Crippen LogP contribution in [0.15, 0.2) is 53.1 Å². The van der Waals surface area contributed by atoms with Crippen molar-refractivity contribution in [3.63, 3.8) is 0 Å². The number of ether oxygens (including phenoxy) is 2. The van der Waals surface area contributed by atoms with Crippen LogP contribution in [0.25, 0.3) is 23.2 Å². The molecule has 0 radical (unpaired) electrons. The Bertz CT molecular complexity index is 856. The highest BCUT2D eigenvalue weighted by Crippen LogP contribution is 2.21. The van der Waals surface area contributed by atoms with Crippen LogP contribution in [0.2, 0.25) is 0 Å². The third-order valence-electron chi connectivity index (χ3n) is 3.43. The second-order valence-electron chi connectivity index (χ2n) is 5.16. The molecule has 0 saturated heterocycles. The molecule has 1 aromatic carbocycles. The zero-order valence-electron chi connectivity index (χ0n) is 14.2. The Balaban J connectivity index is 1.92. The largest absolute Gasteiger partial charge is 0.465 e. The van der Waals surface area contributed by atoms with Crippen molar-refractivity contribution >= 4 is 17.7 Å². The summed E-state index contributed by atoms with van der Waals surface area (Å²) in [5.41, 5.74) is 0.908. The van der Waals surface area contributed by atoms with Gasteiger partial charge in [-0.25, -0.2) is 4.79 Å². The van der Waals surface area contributed by atoms with E-state index in [0.29, 0.717) is 24.8 Å². The Morgan fingerprint density at radius 3 is 2.77 bits per heavy atom. The quantitative estimate of drug-likeness (QED) is 0.349. The molecule has 26 heavy (non-hydrogen) atoms. The fourth-order valence-corrected chi connectivity index (χ4v) is 2.24. The van der Waals surface area contributed by atoms with Crippen LogP contribution in [0.3, 0.4) is 0 Å². The van der Waals surface area contributed by atoms with Gasteiger partial charge in [0.1, 0.15) is 12.4 Å². The molecular weight excluding hydrogens is 336 g/mol. The van der Waals surface area contributed by atoms with E-state index < -0.39 is 5.97 Å². The summed E-state index contributed by atoms with van der Waals surface area (Å²) in [6.07, 6.45) is 3.05. The molecule has 3 rings (SSSR count). The molecule has 0 atom stereocenters. The molecule has 134 valence electrons. The number of esters is 1. The van der Waals surface area contributed by atoms with Crippen LogP contribution in [0.5, 0.6) is 0 Å². The lowest BCUT2D eigenvalue weighted by Gasteiger charge is -2.09. The highest BCUT2D eigenvalue weighted by molar-refractivity contribution is 6.15. The minimum atomic E-state index is -0.578. The minimum Gasteiger partial charge on any atom is -0.465 e. The number of aromatic nitrogens is 4. The summed E-state index contributed by atoms with van der Waals surface area (Å²) in [5, 5.41) is 11.7. The Kier molecular flexibility index (Phi) is 5.89. The standard InChI is InChI=1S/C18H18N4O4/c1-2-24-11-12-26-18(23)16(13-15-9-6-10-25-15)22-17(19-20-21-22)14-7-4-3-5-8-14/h3-10,13H,2,11-12H2,1H3/b16-13+. The first-order valence-corrected chi connectivity index (χ1v) is 8.14. The minimum absolute atomic E-state index is 0.130. The normalized spacial score (nSPS) is 11.5. The first-order chi connectivity index (χ1) is 12.8. The van der Waals surface area contributed by atoms with E-state index in [1.807, 2.05) is 37.3 Å². The lowest BCUT2D eigenvalue weighted by Crippen LogP contribution is -2.17. The van der Waals surface area contributed by atoms with E-state index in [4.69, 9.17) is 13.9 Å². The molecule has 0 unspecified atom stereocenters. The van der Waals surface area contributed by atoms with Crippen LogP contribution in [-0.2, 0) is 14.3 Å². The van der Waals surface area contributed by atoms with Gasteiger partial charge < -0.3 is 13.9 Å². The van der Waals surface area contributed by atoms with Gasteiger partial charge in [-0.1, -0.05) is 30.3 Å². The summed E-state index contributed by atoms with van der Waals surface area (Å²) in [5.74, 6) is 0.326. The number of carbonyl (C=O) groups excluding carboxylic acids is 1. The summed E-state index contributed by atoms with van der Waals surface area (Å²) in [4.78, 5) is 12.6. The van der Waals surface area contributed by atoms with Gasteiger partial charge in [-0.15, -0.1) is 5.10 Å². The monoisotopic (exact) mass is 354 g/mol. The summed E-state index contributed by atoms with van der Waals surface area (Å²) < 4.78 is 17.1. The molecule has 2 heterocycles. The number of rotatable bonds is 8. The van der Waals surface area contributed by atoms with Crippen molar-refractivity contribution in [3.05, 3.63) is 54.5 Å². The van der Waals surface area contributed by atoms with Crippen LogP contribution in [-0.4, -0.2) is 46.0 Å². The number of carbonyl (C=O) groups is 1. The topological polar surface area (TPSA) is 92.3 Å². The van der Waals surface area contributed by atoms with Crippen molar-refractivity contribution in [2.75, 3.05) is 19.8 Å². The predicted molar refractivity (Wildman–Crippen MR) is 93.6 cm³/mol. The Hall–Kier alpha value is -3.26. The Labute approximate surface area is 150 Å². The van der Waals surface area contributed by atoms with Crippen LogP contribution >= 0.6 is 0 Å². The van der Waals surface area contributed by atoms with Crippen molar-refractivity contribution in [1.29, 1.82) is 0 Å². The SMILES string of the molecule is CCOCCOC(=O)/C(=C\c1ccco1)n1nnnc1-c1ccccc1. The maximum atomic E-state index is 12.6. The van der Waals surface area contributed by atoms with Gasteiger partial charge in [0.15, 0.2) is 11.5 Å². The molecule has 0 amide bonds.